The maximum absolute atomic E-state index is 12.9. The van der Waals surface area contributed by atoms with Crippen molar-refractivity contribution in [1.29, 1.82) is 0 Å². The van der Waals surface area contributed by atoms with Gasteiger partial charge in [-0.25, -0.2) is 0 Å². The molecule has 0 unspecified atom stereocenters. The fourth-order valence-electron chi connectivity index (χ4n) is 3.31. The molecule has 1 aliphatic rings. The van der Waals surface area contributed by atoms with Crippen molar-refractivity contribution in [1.82, 2.24) is 10.2 Å². The summed E-state index contributed by atoms with van der Waals surface area (Å²) in [7, 11) is 0. The van der Waals surface area contributed by atoms with Gasteiger partial charge in [-0.2, -0.15) is 13.2 Å². The number of hydrogen-bond acceptors (Lipinski definition) is 3. The van der Waals surface area contributed by atoms with Crippen LogP contribution < -0.4 is 5.32 Å². The maximum atomic E-state index is 12.9. The van der Waals surface area contributed by atoms with Crippen LogP contribution in [-0.2, 0) is 0 Å². The highest BCUT2D eigenvalue weighted by Gasteiger charge is 2.32. The van der Waals surface area contributed by atoms with Crippen LogP contribution in [0.15, 0.2) is 58.3 Å². The molecule has 1 saturated heterocycles. The third-order valence-corrected chi connectivity index (χ3v) is 5.96. The van der Waals surface area contributed by atoms with Crippen LogP contribution in [-0.4, -0.2) is 37.3 Å². The number of hydrogen-bond donors (Lipinski definition) is 1. The minimum atomic E-state index is -4.15. The summed E-state index contributed by atoms with van der Waals surface area (Å²) >= 11 is 7.52. The van der Waals surface area contributed by atoms with E-state index in [1.807, 2.05) is 48.5 Å². The van der Waals surface area contributed by atoms with Crippen LogP contribution in [0.2, 0.25) is 5.02 Å². The van der Waals surface area contributed by atoms with Crippen molar-refractivity contribution in [2.45, 2.75) is 34.9 Å². The van der Waals surface area contributed by atoms with Crippen LogP contribution in [0.4, 0.5) is 13.2 Å². The van der Waals surface area contributed by atoms with E-state index in [4.69, 9.17) is 11.6 Å². The van der Waals surface area contributed by atoms with E-state index in [2.05, 4.69) is 10.2 Å². The van der Waals surface area contributed by atoms with Gasteiger partial charge in [0.25, 0.3) is 0 Å². The Hall–Kier alpha value is -0.920. The van der Waals surface area contributed by atoms with Crippen molar-refractivity contribution in [3.8, 4) is 0 Å². The smallest absolute Gasteiger partial charge is 0.314 e. The molecule has 1 aliphatic heterocycles. The number of nitrogens with zero attached hydrogens (tertiary/aromatic N) is 1. The summed E-state index contributed by atoms with van der Waals surface area (Å²) in [6.45, 7) is 3.11. The zero-order valence-corrected chi connectivity index (χ0v) is 17.6. The second kappa shape index (κ2) is 10.7. The first-order valence-electron chi connectivity index (χ1n) is 8.96. The fourth-order valence-corrected chi connectivity index (χ4v) is 4.43. The van der Waals surface area contributed by atoms with Crippen molar-refractivity contribution in [3.05, 3.63) is 59.1 Å². The SMILES string of the molecule is Cl.FC(F)(F)CC[C@@H](c1ccccc1Sc1ccc(Cl)cc1)N1CCNCC1. The molecule has 1 heterocycles. The van der Waals surface area contributed by atoms with Gasteiger partial charge in [0.1, 0.15) is 0 Å². The molecule has 0 spiro atoms. The quantitative estimate of drug-likeness (QED) is 0.563. The minimum Gasteiger partial charge on any atom is -0.314 e. The molecule has 1 atom stereocenters. The normalized spacial score (nSPS) is 16.4. The van der Waals surface area contributed by atoms with E-state index in [1.165, 1.54) is 0 Å². The Morgan fingerprint density at radius 2 is 1.68 bits per heavy atom. The Morgan fingerprint density at radius 1 is 1.04 bits per heavy atom. The Kier molecular flexibility index (Phi) is 8.96. The van der Waals surface area contributed by atoms with Gasteiger partial charge in [-0.3, -0.25) is 4.90 Å². The van der Waals surface area contributed by atoms with E-state index in [-0.39, 0.29) is 24.9 Å². The molecule has 1 N–H and O–H groups in total. The molecule has 2 aromatic rings. The average molecular weight is 451 g/mol. The van der Waals surface area contributed by atoms with Crippen LogP contribution in [0.1, 0.15) is 24.4 Å². The van der Waals surface area contributed by atoms with Crippen molar-refractivity contribution >= 4 is 35.8 Å². The van der Waals surface area contributed by atoms with E-state index >= 15 is 0 Å². The van der Waals surface area contributed by atoms with Gasteiger partial charge in [-0.1, -0.05) is 41.6 Å². The van der Waals surface area contributed by atoms with Crippen LogP contribution in [0, 0.1) is 0 Å². The summed E-state index contributed by atoms with van der Waals surface area (Å²) in [4.78, 5) is 4.18. The predicted molar refractivity (Wildman–Crippen MR) is 112 cm³/mol. The van der Waals surface area contributed by atoms with Crippen LogP contribution in [0.25, 0.3) is 0 Å². The summed E-state index contributed by atoms with van der Waals surface area (Å²) in [5, 5.41) is 3.93. The molecule has 28 heavy (non-hydrogen) atoms. The Morgan fingerprint density at radius 3 is 2.32 bits per heavy atom. The molecule has 0 aliphatic carbocycles. The van der Waals surface area contributed by atoms with Gasteiger partial charge < -0.3 is 5.32 Å². The first-order chi connectivity index (χ1) is 12.9. The van der Waals surface area contributed by atoms with Crippen LogP contribution >= 0.6 is 35.8 Å². The lowest BCUT2D eigenvalue weighted by atomic mass is 9.99. The Labute approximate surface area is 179 Å². The van der Waals surface area contributed by atoms with Crippen molar-refractivity contribution < 1.29 is 13.2 Å². The average Bonchev–Trinajstić information content (AvgIpc) is 2.65. The molecule has 0 radical (unpaired) electrons. The van der Waals surface area contributed by atoms with Gasteiger partial charge >= 0.3 is 6.18 Å². The second-order valence-corrected chi connectivity index (χ2v) is 8.10. The fraction of sp³-hybridized carbons (Fsp3) is 0.400. The number of alkyl halides is 3. The molecular weight excluding hydrogens is 428 g/mol. The van der Waals surface area contributed by atoms with Gasteiger partial charge in [0.15, 0.2) is 0 Å². The Balaban J connectivity index is 0.00000280. The minimum absolute atomic E-state index is 0. The lowest BCUT2D eigenvalue weighted by molar-refractivity contribution is -0.138. The highest BCUT2D eigenvalue weighted by molar-refractivity contribution is 7.99. The number of nitrogens with one attached hydrogen (secondary N) is 1. The predicted octanol–water partition coefficient (Wildman–Crippen LogP) is 6.20. The molecule has 0 bridgehead atoms. The van der Waals surface area contributed by atoms with Gasteiger partial charge in [-0.05, 0) is 42.3 Å². The molecule has 2 nitrogen and oxygen atoms in total. The van der Waals surface area contributed by atoms with E-state index in [9.17, 15) is 13.2 Å². The first kappa shape index (κ1) is 23.4. The zero-order valence-electron chi connectivity index (χ0n) is 15.2. The molecular formula is C20H23Cl2F3N2S. The van der Waals surface area contributed by atoms with Crippen molar-refractivity contribution in [2.24, 2.45) is 0 Å². The molecule has 0 aromatic heterocycles. The number of benzene rings is 2. The summed E-state index contributed by atoms with van der Waals surface area (Å²) in [5.74, 6) is 0. The molecule has 0 saturated carbocycles. The highest BCUT2D eigenvalue weighted by atomic mass is 35.5. The number of halogens is 5. The van der Waals surface area contributed by atoms with Gasteiger partial charge in [0.05, 0.1) is 0 Å². The lowest BCUT2D eigenvalue weighted by Gasteiger charge is -2.36. The third kappa shape index (κ3) is 6.85. The highest BCUT2D eigenvalue weighted by Crippen LogP contribution is 2.39. The molecule has 8 heteroatoms. The Bertz CT molecular complexity index is 735. The van der Waals surface area contributed by atoms with E-state index in [0.29, 0.717) is 5.02 Å². The largest absolute Gasteiger partial charge is 0.389 e. The summed E-state index contributed by atoms with van der Waals surface area (Å²) in [6, 6.07) is 15.0. The van der Waals surface area contributed by atoms with E-state index < -0.39 is 12.6 Å². The van der Waals surface area contributed by atoms with Crippen molar-refractivity contribution in [3.63, 3.8) is 0 Å². The topological polar surface area (TPSA) is 15.3 Å². The summed E-state index contributed by atoms with van der Waals surface area (Å²) in [5.41, 5.74) is 0.962. The number of rotatable bonds is 6. The molecule has 1 fully saturated rings. The molecule has 154 valence electrons. The summed E-state index contributed by atoms with van der Waals surface area (Å²) in [6.07, 6.45) is -4.85. The first-order valence-corrected chi connectivity index (χ1v) is 10.2. The monoisotopic (exact) mass is 450 g/mol. The zero-order chi connectivity index (χ0) is 19.3. The van der Waals surface area contributed by atoms with E-state index in [0.717, 1.165) is 41.5 Å². The van der Waals surface area contributed by atoms with Crippen molar-refractivity contribution in [2.75, 3.05) is 26.2 Å². The second-order valence-electron chi connectivity index (χ2n) is 6.55. The van der Waals surface area contributed by atoms with E-state index in [1.54, 1.807) is 11.8 Å². The molecule has 0 amide bonds. The molecule has 3 rings (SSSR count). The standard InChI is InChI=1S/C20H22ClF3N2S.ClH/c21-15-5-7-16(8-6-15)27-19-4-2-1-3-17(19)18(9-10-20(22,23)24)26-13-11-25-12-14-26;/h1-8,18,25H,9-14H2;1H/t18-;/m0./s1. The number of piperazine rings is 1. The molecule has 2 aromatic carbocycles. The summed E-state index contributed by atoms with van der Waals surface area (Å²) < 4.78 is 38.8. The maximum Gasteiger partial charge on any atom is 0.389 e. The van der Waals surface area contributed by atoms with Gasteiger partial charge in [0.2, 0.25) is 0 Å². The third-order valence-electron chi connectivity index (χ3n) is 4.61. The van der Waals surface area contributed by atoms with Gasteiger partial charge in [0, 0.05) is 53.5 Å². The van der Waals surface area contributed by atoms with Crippen LogP contribution in [0.3, 0.4) is 0 Å². The van der Waals surface area contributed by atoms with Crippen LogP contribution in [0.5, 0.6) is 0 Å². The lowest BCUT2D eigenvalue weighted by Crippen LogP contribution is -2.45. The van der Waals surface area contributed by atoms with Gasteiger partial charge in [-0.15, -0.1) is 12.4 Å².